The maximum atomic E-state index is 10.7. The quantitative estimate of drug-likeness (QED) is 0.401. The summed E-state index contributed by atoms with van der Waals surface area (Å²) >= 11 is 0. The third-order valence-corrected chi connectivity index (χ3v) is 3.91. The van der Waals surface area contributed by atoms with Gasteiger partial charge in [-0.15, -0.1) is 0 Å². The van der Waals surface area contributed by atoms with Gasteiger partial charge in [-0.3, -0.25) is 10.1 Å². The van der Waals surface area contributed by atoms with Crippen LogP contribution in [0.3, 0.4) is 0 Å². The Morgan fingerprint density at radius 2 is 1.80 bits per heavy atom. The molecular formula is C14H15N3O8. The predicted molar refractivity (Wildman–Crippen MR) is 79.1 cm³/mol. The number of aromatic nitrogens is 2. The Kier molecular flexibility index (Phi) is 4.74. The minimum Gasteiger partial charge on any atom is -0.394 e. The highest BCUT2D eigenvalue weighted by molar-refractivity contribution is 5.55. The molecule has 25 heavy (non-hydrogen) atoms. The number of nitrogens with zero attached hydrogens (tertiary/aromatic N) is 3. The van der Waals surface area contributed by atoms with Crippen molar-refractivity contribution in [1.82, 2.24) is 10.1 Å². The Bertz CT molecular complexity index is 747. The summed E-state index contributed by atoms with van der Waals surface area (Å²) in [6, 6.07) is 5.38. The lowest BCUT2D eigenvalue weighted by atomic mass is 9.95. The first kappa shape index (κ1) is 17.4. The van der Waals surface area contributed by atoms with Gasteiger partial charge in [0.25, 0.3) is 11.6 Å². The summed E-state index contributed by atoms with van der Waals surface area (Å²) in [6.07, 6.45) is -6.88. The van der Waals surface area contributed by atoms with Gasteiger partial charge in [0.1, 0.15) is 30.5 Å². The molecule has 11 nitrogen and oxygen atoms in total. The molecule has 0 bridgehead atoms. The van der Waals surface area contributed by atoms with E-state index in [9.17, 15) is 30.5 Å². The number of nitro groups is 1. The van der Waals surface area contributed by atoms with Gasteiger partial charge >= 0.3 is 0 Å². The van der Waals surface area contributed by atoms with Gasteiger partial charge < -0.3 is 29.7 Å². The molecule has 1 fully saturated rings. The van der Waals surface area contributed by atoms with Crippen LogP contribution in [0.1, 0.15) is 11.9 Å². The average Bonchev–Trinajstić information content (AvgIpc) is 3.10. The third kappa shape index (κ3) is 3.23. The number of aliphatic hydroxyl groups is 4. The van der Waals surface area contributed by atoms with Crippen LogP contribution in [0, 0.1) is 10.1 Å². The van der Waals surface area contributed by atoms with E-state index < -0.39 is 42.1 Å². The molecule has 4 N–H and O–H groups in total. The number of ether oxygens (including phenoxy) is 1. The van der Waals surface area contributed by atoms with E-state index in [1.54, 1.807) is 0 Å². The van der Waals surface area contributed by atoms with Crippen molar-refractivity contribution in [1.29, 1.82) is 0 Å². The van der Waals surface area contributed by atoms with E-state index >= 15 is 0 Å². The number of aliphatic hydroxyl groups excluding tert-OH is 4. The van der Waals surface area contributed by atoms with Gasteiger partial charge in [-0.1, -0.05) is 5.16 Å². The van der Waals surface area contributed by atoms with Gasteiger partial charge in [-0.2, -0.15) is 4.98 Å². The summed E-state index contributed by atoms with van der Waals surface area (Å²) in [5, 5.41) is 53.1. The minimum atomic E-state index is -1.56. The zero-order valence-corrected chi connectivity index (χ0v) is 12.7. The van der Waals surface area contributed by atoms with Crippen LogP contribution >= 0.6 is 0 Å². The molecule has 0 spiro atoms. The van der Waals surface area contributed by atoms with E-state index in [1.807, 2.05) is 0 Å². The molecule has 1 aliphatic heterocycles. The molecule has 0 aliphatic carbocycles. The van der Waals surface area contributed by atoms with E-state index in [-0.39, 0.29) is 17.4 Å². The van der Waals surface area contributed by atoms with Crippen molar-refractivity contribution < 1.29 is 34.6 Å². The number of benzene rings is 1. The highest BCUT2D eigenvalue weighted by Crippen LogP contribution is 2.32. The van der Waals surface area contributed by atoms with Crippen molar-refractivity contribution in [2.24, 2.45) is 0 Å². The van der Waals surface area contributed by atoms with Crippen molar-refractivity contribution in [3.8, 4) is 11.5 Å². The van der Waals surface area contributed by atoms with Crippen molar-refractivity contribution in [2.45, 2.75) is 30.5 Å². The largest absolute Gasteiger partial charge is 0.394 e. The Balaban J connectivity index is 1.84. The van der Waals surface area contributed by atoms with Crippen molar-refractivity contribution >= 4 is 5.69 Å². The summed E-state index contributed by atoms with van der Waals surface area (Å²) in [5.74, 6) is -0.0629. The van der Waals surface area contributed by atoms with E-state index in [4.69, 9.17) is 9.26 Å². The topological polar surface area (TPSA) is 172 Å². The number of hydrogen-bond acceptors (Lipinski definition) is 10. The number of rotatable bonds is 4. The van der Waals surface area contributed by atoms with E-state index in [0.717, 1.165) is 0 Å². The Labute approximate surface area is 140 Å². The van der Waals surface area contributed by atoms with E-state index in [1.165, 1.54) is 24.3 Å². The molecular weight excluding hydrogens is 338 g/mol. The second-order valence-electron chi connectivity index (χ2n) is 5.51. The highest BCUT2D eigenvalue weighted by Gasteiger charge is 2.45. The molecule has 0 unspecified atom stereocenters. The molecule has 134 valence electrons. The van der Waals surface area contributed by atoms with Gasteiger partial charge in [-0.25, -0.2) is 0 Å². The average molecular weight is 353 g/mol. The summed E-state index contributed by atoms with van der Waals surface area (Å²) < 4.78 is 10.4. The highest BCUT2D eigenvalue weighted by atomic mass is 16.6. The molecule has 2 heterocycles. The molecule has 1 saturated heterocycles. The smallest absolute Gasteiger partial charge is 0.269 e. The molecule has 1 aromatic heterocycles. The summed E-state index contributed by atoms with van der Waals surface area (Å²) in [7, 11) is 0. The lowest BCUT2D eigenvalue weighted by molar-refractivity contribution is -0.384. The fourth-order valence-electron chi connectivity index (χ4n) is 2.51. The van der Waals surface area contributed by atoms with Crippen LogP contribution < -0.4 is 0 Å². The Hall–Kier alpha value is -2.44. The maximum Gasteiger partial charge on any atom is 0.269 e. The normalized spacial score (nSPS) is 29.5. The number of nitro benzene ring substituents is 1. The molecule has 0 amide bonds. The molecule has 2 aromatic rings. The van der Waals surface area contributed by atoms with Gasteiger partial charge in [0.15, 0.2) is 0 Å². The molecule has 0 radical (unpaired) electrons. The standard InChI is InChI=1S/C14H15N3O8/c18-5-8-9(19)10(20)11(21)12(24-8)13-15-14(25-16-13)6-1-3-7(4-2-6)17(22)23/h1-4,8-12,18-21H,5H2/t8-,9-,10+,11-,12-/m1/s1. The van der Waals surface area contributed by atoms with Crippen molar-refractivity contribution in [3.05, 3.63) is 40.2 Å². The fraction of sp³-hybridized carbons (Fsp3) is 0.429. The molecule has 5 atom stereocenters. The minimum absolute atomic E-state index is 0.0295. The van der Waals surface area contributed by atoms with Gasteiger partial charge in [0, 0.05) is 17.7 Å². The van der Waals surface area contributed by atoms with E-state index in [2.05, 4.69) is 10.1 Å². The predicted octanol–water partition coefficient (Wildman–Crippen LogP) is -0.840. The van der Waals surface area contributed by atoms with Crippen LogP contribution in [0.15, 0.2) is 28.8 Å². The van der Waals surface area contributed by atoms with Crippen LogP contribution in [0.5, 0.6) is 0 Å². The maximum absolute atomic E-state index is 10.7. The zero-order valence-electron chi connectivity index (χ0n) is 12.7. The van der Waals surface area contributed by atoms with Crippen molar-refractivity contribution in [2.75, 3.05) is 6.61 Å². The first-order valence-corrected chi connectivity index (χ1v) is 7.31. The lowest BCUT2D eigenvalue weighted by Gasteiger charge is -2.38. The van der Waals surface area contributed by atoms with Gasteiger partial charge in [0.2, 0.25) is 5.82 Å². The molecule has 11 heteroatoms. The molecule has 0 saturated carbocycles. The van der Waals surface area contributed by atoms with Crippen LogP contribution in [0.2, 0.25) is 0 Å². The third-order valence-electron chi connectivity index (χ3n) is 3.91. The number of hydrogen-bond donors (Lipinski definition) is 4. The first-order valence-electron chi connectivity index (χ1n) is 7.31. The van der Waals surface area contributed by atoms with Gasteiger partial charge in [0.05, 0.1) is 11.5 Å². The molecule has 3 rings (SSSR count). The molecule has 1 aliphatic rings. The van der Waals surface area contributed by atoms with Crippen LogP contribution in [-0.2, 0) is 4.74 Å². The first-order chi connectivity index (χ1) is 11.9. The molecule has 1 aromatic carbocycles. The van der Waals surface area contributed by atoms with Crippen LogP contribution in [0.25, 0.3) is 11.5 Å². The van der Waals surface area contributed by atoms with E-state index in [0.29, 0.717) is 5.56 Å². The zero-order chi connectivity index (χ0) is 18.1. The van der Waals surface area contributed by atoms with Gasteiger partial charge in [-0.05, 0) is 12.1 Å². The Morgan fingerprint density at radius 1 is 1.12 bits per heavy atom. The summed E-state index contributed by atoms with van der Waals surface area (Å²) in [5.41, 5.74) is 0.311. The second kappa shape index (κ2) is 6.82. The summed E-state index contributed by atoms with van der Waals surface area (Å²) in [4.78, 5) is 14.2. The van der Waals surface area contributed by atoms with Crippen molar-refractivity contribution in [3.63, 3.8) is 0 Å². The Morgan fingerprint density at radius 3 is 2.40 bits per heavy atom. The summed E-state index contributed by atoms with van der Waals surface area (Å²) in [6.45, 7) is -0.575. The fourth-order valence-corrected chi connectivity index (χ4v) is 2.51. The SMILES string of the molecule is O=[N+]([O-])c1ccc(-c2nc([C@@H]3O[C@H](CO)[C@@H](O)[C@H](O)[C@H]3O)no2)cc1. The number of non-ortho nitro benzene ring substituents is 1. The van der Waals surface area contributed by atoms with Crippen LogP contribution in [0.4, 0.5) is 5.69 Å². The second-order valence-corrected chi connectivity index (χ2v) is 5.51. The monoisotopic (exact) mass is 353 g/mol. The van der Waals surface area contributed by atoms with Crippen LogP contribution in [-0.4, -0.2) is 66.5 Å². The lowest BCUT2D eigenvalue weighted by Crippen LogP contribution is -2.55.